The van der Waals surface area contributed by atoms with Crippen LogP contribution in [0.5, 0.6) is 0 Å². The quantitative estimate of drug-likeness (QED) is 0.637. The average Bonchev–Trinajstić information content (AvgIpc) is 2.96. The lowest BCUT2D eigenvalue weighted by atomic mass is 10.1. The number of aromatic nitrogens is 4. The van der Waals surface area contributed by atoms with E-state index < -0.39 is 11.9 Å². The molecule has 2 heterocycles. The zero-order valence-electron chi connectivity index (χ0n) is 15.2. The van der Waals surface area contributed by atoms with Gasteiger partial charge in [0.1, 0.15) is 11.5 Å². The number of hydrogen-bond donors (Lipinski definition) is 0. The second kappa shape index (κ2) is 7.34. The maximum absolute atomic E-state index is 13.0. The number of benzene rings is 1. The maximum atomic E-state index is 13.0. The van der Waals surface area contributed by atoms with Gasteiger partial charge in [0.2, 0.25) is 0 Å². The van der Waals surface area contributed by atoms with Crippen LogP contribution < -0.4 is 0 Å². The monoisotopic (exact) mass is 372 g/mol. The molecule has 0 N–H and O–H groups in total. The Morgan fingerprint density at radius 2 is 1.81 bits per heavy atom. The molecular weight excluding hydrogens is 353 g/mol. The standard InChI is InChI=1S/C20H19F3N4/c1-13(2)9-16-19(15-7-5-4-6-8-15)24-12-27(16)11-18-25-14(3)10-17(26-18)20(21,22)23/h4-10,12H,11H2,1-3H3. The molecule has 0 saturated heterocycles. The lowest BCUT2D eigenvalue weighted by Gasteiger charge is -2.11. The minimum Gasteiger partial charge on any atom is -0.323 e. The molecule has 0 fully saturated rings. The summed E-state index contributed by atoms with van der Waals surface area (Å²) in [5.41, 5.74) is 2.90. The van der Waals surface area contributed by atoms with E-state index in [9.17, 15) is 13.2 Å². The highest BCUT2D eigenvalue weighted by Crippen LogP contribution is 2.28. The molecule has 0 bridgehead atoms. The Bertz CT molecular complexity index is 969. The molecule has 0 aliphatic carbocycles. The van der Waals surface area contributed by atoms with Crippen LogP contribution in [0.3, 0.4) is 0 Å². The molecule has 140 valence electrons. The first-order valence-electron chi connectivity index (χ1n) is 8.41. The zero-order chi connectivity index (χ0) is 19.6. The number of hydrogen-bond acceptors (Lipinski definition) is 3. The molecule has 3 rings (SSSR count). The third-order valence-corrected chi connectivity index (χ3v) is 3.85. The van der Waals surface area contributed by atoms with Gasteiger partial charge in [-0.05, 0) is 32.9 Å². The van der Waals surface area contributed by atoms with E-state index in [1.807, 2.05) is 50.3 Å². The first-order chi connectivity index (χ1) is 12.7. The number of nitrogens with zero attached hydrogens (tertiary/aromatic N) is 4. The fraction of sp³-hybridized carbons (Fsp3) is 0.250. The summed E-state index contributed by atoms with van der Waals surface area (Å²) in [6.07, 6.45) is -0.943. The summed E-state index contributed by atoms with van der Waals surface area (Å²) in [5.74, 6) is 0.0998. The number of imidazole rings is 1. The van der Waals surface area contributed by atoms with Crippen LogP contribution in [0.25, 0.3) is 17.3 Å². The van der Waals surface area contributed by atoms with E-state index in [-0.39, 0.29) is 18.1 Å². The fourth-order valence-electron chi connectivity index (χ4n) is 2.76. The average molecular weight is 372 g/mol. The van der Waals surface area contributed by atoms with Crippen molar-refractivity contribution in [3.05, 3.63) is 71.2 Å². The van der Waals surface area contributed by atoms with E-state index >= 15 is 0 Å². The van der Waals surface area contributed by atoms with Gasteiger partial charge in [-0.3, -0.25) is 0 Å². The molecule has 0 spiro atoms. The number of aryl methyl sites for hydroxylation is 1. The zero-order valence-corrected chi connectivity index (χ0v) is 15.2. The predicted molar refractivity (Wildman–Crippen MR) is 97.9 cm³/mol. The van der Waals surface area contributed by atoms with Crippen LogP contribution in [0.15, 0.2) is 48.3 Å². The van der Waals surface area contributed by atoms with E-state index in [0.717, 1.165) is 28.6 Å². The Hall–Kier alpha value is -2.96. The van der Waals surface area contributed by atoms with Crippen LogP contribution in [-0.4, -0.2) is 19.5 Å². The van der Waals surface area contributed by atoms with Crippen molar-refractivity contribution >= 4 is 6.08 Å². The van der Waals surface area contributed by atoms with Crippen LogP contribution in [0.4, 0.5) is 13.2 Å². The van der Waals surface area contributed by atoms with E-state index in [1.165, 1.54) is 6.92 Å². The Morgan fingerprint density at radius 3 is 2.44 bits per heavy atom. The van der Waals surface area contributed by atoms with Gasteiger partial charge >= 0.3 is 6.18 Å². The molecule has 0 saturated carbocycles. The van der Waals surface area contributed by atoms with Crippen molar-refractivity contribution in [3.8, 4) is 11.3 Å². The summed E-state index contributed by atoms with van der Waals surface area (Å²) in [6.45, 7) is 5.54. The van der Waals surface area contributed by atoms with Crippen molar-refractivity contribution in [1.82, 2.24) is 19.5 Å². The van der Waals surface area contributed by atoms with Crippen LogP contribution in [0, 0.1) is 6.92 Å². The Labute approximate surface area is 155 Å². The highest BCUT2D eigenvalue weighted by atomic mass is 19.4. The minimum absolute atomic E-state index is 0.0998. The van der Waals surface area contributed by atoms with Gasteiger partial charge < -0.3 is 4.57 Å². The topological polar surface area (TPSA) is 43.6 Å². The van der Waals surface area contributed by atoms with Gasteiger partial charge in [0.15, 0.2) is 0 Å². The first-order valence-corrected chi connectivity index (χ1v) is 8.41. The normalized spacial score (nSPS) is 11.5. The highest BCUT2D eigenvalue weighted by Gasteiger charge is 2.33. The van der Waals surface area contributed by atoms with Crippen LogP contribution in [0.1, 0.15) is 36.8 Å². The molecule has 3 aromatic rings. The van der Waals surface area contributed by atoms with Gasteiger partial charge in [-0.25, -0.2) is 15.0 Å². The van der Waals surface area contributed by atoms with Crippen molar-refractivity contribution in [1.29, 1.82) is 0 Å². The van der Waals surface area contributed by atoms with Gasteiger partial charge in [-0.2, -0.15) is 13.2 Å². The molecule has 1 aromatic carbocycles. The largest absolute Gasteiger partial charge is 0.433 e. The van der Waals surface area contributed by atoms with E-state index in [4.69, 9.17) is 0 Å². The molecule has 0 aliphatic heterocycles. The second-order valence-corrected chi connectivity index (χ2v) is 6.50. The summed E-state index contributed by atoms with van der Waals surface area (Å²) in [7, 11) is 0. The van der Waals surface area contributed by atoms with Crippen LogP contribution in [0.2, 0.25) is 0 Å². The summed E-state index contributed by atoms with van der Waals surface area (Å²) in [5, 5.41) is 0. The van der Waals surface area contributed by atoms with Gasteiger partial charge in [-0.1, -0.05) is 35.9 Å². The SMILES string of the molecule is CC(C)=Cc1c(-c2ccccc2)ncn1Cc1nc(C)cc(C(F)(F)F)n1. The maximum Gasteiger partial charge on any atom is 0.433 e. The van der Waals surface area contributed by atoms with Crippen molar-refractivity contribution in [2.24, 2.45) is 0 Å². The molecule has 0 radical (unpaired) electrons. The fourth-order valence-corrected chi connectivity index (χ4v) is 2.76. The van der Waals surface area contributed by atoms with Crippen molar-refractivity contribution < 1.29 is 13.2 Å². The number of halogens is 3. The molecule has 27 heavy (non-hydrogen) atoms. The van der Waals surface area contributed by atoms with Gasteiger partial charge in [0.05, 0.1) is 24.3 Å². The molecule has 7 heteroatoms. The Morgan fingerprint density at radius 1 is 1.11 bits per heavy atom. The van der Waals surface area contributed by atoms with Crippen LogP contribution in [-0.2, 0) is 12.7 Å². The minimum atomic E-state index is -4.50. The third-order valence-electron chi connectivity index (χ3n) is 3.85. The molecule has 2 aromatic heterocycles. The molecular formula is C20H19F3N4. The Balaban J connectivity index is 2.05. The van der Waals surface area contributed by atoms with E-state index in [0.29, 0.717) is 0 Å². The second-order valence-electron chi connectivity index (χ2n) is 6.50. The third kappa shape index (κ3) is 4.42. The van der Waals surface area contributed by atoms with E-state index in [2.05, 4.69) is 15.0 Å². The Kier molecular flexibility index (Phi) is 5.12. The molecule has 0 aliphatic rings. The van der Waals surface area contributed by atoms with Gasteiger partial charge in [0, 0.05) is 11.3 Å². The summed E-state index contributed by atoms with van der Waals surface area (Å²) in [6, 6.07) is 10.6. The predicted octanol–water partition coefficient (Wildman–Crippen LogP) is 5.14. The van der Waals surface area contributed by atoms with Crippen LogP contribution >= 0.6 is 0 Å². The summed E-state index contributed by atoms with van der Waals surface area (Å²) in [4.78, 5) is 12.3. The summed E-state index contributed by atoms with van der Waals surface area (Å²) >= 11 is 0. The number of alkyl halides is 3. The lowest BCUT2D eigenvalue weighted by Crippen LogP contribution is -2.14. The molecule has 0 atom stereocenters. The van der Waals surface area contributed by atoms with Gasteiger partial charge in [-0.15, -0.1) is 0 Å². The number of rotatable bonds is 4. The summed E-state index contributed by atoms with van der Waals surface area (Å²) < 4.78 is 40.9. The number of allylic oxidation sites excluding steroid dienone is 1. The molecule has 0 unspecified atom stereocenters. The first kappa shape index (κ1) is 18.8. The van der Waals surface area contributed by atoms with Gasteiger partial charge in [0.25, 0.3) is 0 Å². The lowest BCUT2D eigenvalue weighted by molar-refractivity contribution is -0.141. The van der Waals surface area contributed by atoms with Crippen molar-refractivity contribution in [3.63, 3.8) is 0 Å². The molecule has 0 amide bonds. The van der Waals surface area contributed by atoms with Crippen molar-refractivity contribution in [2.45, 2.75) is 33.5 Å². The molecule has 4 nitrogen and oxygen atoms in total. The highest BCUT2D eigenvalue weighted by molar-refractivity contribution is 5.70. The van der Waals surface area contributed by atoms with Crippen molar-refractivity contribution in [2.75, 3.05) is 0 Å². The smallest absolute Gasteiger partial charge is 0.323 e. The van der Waals surface area contributed by atoms with E-state index in [1.54, 1.807) is 10.9 Å².